The molecule has 1 fully saturated rings. The molecule has 0 amide bonds. The van der Waals surface area contributed by atoms with E-state index in [1.54, 1.807) is 0 Å². The van der Waals surface area contributed by atoms with Crippen LogP contribution in [0.4, 0.5) is 0 Å². The van der Waals surface area contributed by atoms with Gasteiger partial charge in [-0.15, -0.1) is 11.3 Å². The van der Waals surface area contributed by atoms with Crippen LogP contribution in [-0.4, -0.2) is 65.3 Å². The lowest BCUT2D eigenvalue weighted by Gasteiger charge is -2.44. The fraction of sp³-hybridized carbons (Fsp3) is 0.333. The van der Waals surface area contributed by atoms with Crippen LogP contribution in [0.3, 0.4) is 0 Å². The number of carbonyl (C=O) groups is 4. The number of nitriles is 1. The third-order valence-corrected chi connectivity index (χ3v) is 8.16. The van der Waals surface area contributed by atoms with Gasteiger partial charge in [-0.25, -0.2) is 4.98 Å². The van der Waals surface area contributed by atoms with Crippen LogP contribution in [0.25, 0.3) is 21.7 Å². The standard InChI is InChI=1S/C30H28N2O9S2/c1-16(33)37-15-24-26(38-17(2)34)27(39-18(3)35)28(40-19(4)36)30(41-24)43-29-22(14-31)21(25-11-8-12-42-25)13-23(32-29)20-9-6-5-7-10-20/h5-13,24,26-28,30H,15H2,1-4H3/t24-,26+,27+,28-,30+/m1/s1. The predicted molar refractivity (Wildman–Crippen MR) is 156 cm³/mol. The number of benzene rings is 1. The van der Waals surface area contributed by atoms with E-state index in [1.165, 1.54) is 25.2 Å². The minimum atomic E-state index is -1.34. The second kappa shape index (κ2) is 14.3. The highest BCUT2D eigenvalue weighted by Crippen LogP contribution is 2.42. The molecule has 0 N–H and O–H groups in total. The van der Waals surface area contributed by atoms with Gasteiger partial charge in [-0.1, -0.05) is 48.2 Å². The van der Waals surface area contributed by atoms with Crippen LogP contribution in [0.1, 0.15) is 33.3 Å². The lowest BCUT2D eigenvalue weighted by atomic mass is 9.99. The molecule has 0 unspecified atom stereocenters. The van der Waals surface area contributed by atoms with E-state index in [0.29, 0.717) is 11.3 Å². The number of thioether (sulfide) groups is 1. The number of hydrogen-bond donors (Lipinski definition) is 0. The third kappa shape index (κ3) is 7.98. The minimum Gasteiger partial charge on any atom is -0.463 e. The first kappa shape index (κ1) is 31.7. The monoisotopic (exact) mass is 624 g/mol. The largest absolute Gasteiger partial charge is 0.463 e. The minimum absolute atomic E-state index is 0.250. The Morgan fingerprint density at radius 2 is 1.56 bits per heavy atom. The summed E-state index contributed by atoms with van der Waals surface area (Å²) in [6.07, 6.45) is -5.05. The Balaban J connectivity index is 1.85. The molecule has 0 spiro atoms. The number of nitrogens with zero attached hydrogens (tertiary/aromatic N) is 2. The van der Waals surface area contributed by atoms with E-state index in [9.17, 15) is 24.4 Å². The van der Waals surface area contributed by atoms with Gasteiger partial charge >= 0.3 is 23.9 Å². The maximum absolute atomic E-state index is 12.3. The molecular formula is C30H28N2O9S2. The number of aromatic nitrogens is 1. The highest BCUT2D eigenvalue weighted by atomic mass is 32.2. The Kier molecular flexibility index (Phi) is 10.5. The summed E-state index contributed by atoms with van der Waals surface area (Å²) in [4.78, 5) is 53.8. The molecule has 3 aromatic rings. The van der Waals surface area contributed by atoms with Crippen LogP contribution < -0.4 is 0 Å². The van der Waals surface area contributed by atoms with Crippen LogP contribution in [-0.2, 0) is 42.9 Å². The van der Waals surface area contributed by atoms with E-state index in [1.807, 2.05) is 53.9 Å². The molecule has 0 saturated carbocycles. The van der Waals surface area contributed by atoms with Gasteiger partial charge in [0, 0.05) is 43.7 Å². The summed E-state index contributed by atoms with van der Waals surface area (Å²) in [5, 5.41) is 12.5. The Morgan fingerprint density at radius 3 is 2.14 bits per heavy atom. The molecule has 1 saturated heterocycles. The number of ether oxygens (including phenoxy) is 5. The lowest BCUT2D eigenvalue weighted by molar-refractivity contribution is -0.237. The second-order valence-electron chi connectivity index (χ2n) is 9.38. The number of thiophene rings is 1. The van der Waals surface area contributed by atoms with Gasteiger partial charge in [-0.3, -0.25) is 19.2 Å². The van der Waals surface area contributed by atoms with Gasteiger partial charge in [0.15, 0.2) is 23.7 Å². The van der Waals surface area contributed by atoms with Gasteiger partial charge in [-0.2, -0.15) is 5.26 Å². The van der Waals surface area contributed by atoms with Crippen molar-refractivity contribution in [3.05, 3.63) is 59.5 Å². The normalized spacial score (nSPS) is 21.2. The Hall–Kier alpha value is -4.25. The highest BCUT2D eigenvalue weighted by molar-refractivity contribution is 7.99. The van der Waals surface area contributed by atoms with Crippen LogP contribution in [0.5, 0.6) is 0 Å². The SMILES string of the molecule is CC(=O)OC[C@H]1O[C@@H](Sc2nc(-c3ccccc3)cc(-c3cccs3)c2C#N)[C@H](OC(C)=O)[C@@H](OC(C)=O)[C@H]1OC(C)=O. The van der Waals surface area contributed by atoms with Crippen molar-refractivity contribution in [3.8, 4) is 27.8 Å². The predicted octanol–water partition coefficient (Wildman–Crippen LogP) is 4.52. The molecule has 5 atom stereocenters. The van der Waals surface area contributed by atoms with Gasteiger partial charge in [-0.05, 0) is 17.5 Å². The highest BCUT2D eigenvalue weighted by Gasteiger charge is 2.52. The molecule has 13 heteroatoms. The molecule has 11 nitrogen and oxygen atoms in total. The Bertz CT molecular complexity index is 1520. The van der Waals surface area contributed by atoms with Gasteiger partial charge in [0.25, 0.3) is 0 Å². The quantitative estimate of drug-likeness (QED) is 0.243. The fourth-order valence-corrected chi connectivity index (χ4v) is 6.43. The van der Waals surface area contributed by atoms with Crippen LogP contribution in [0.15, 0.2) is 58.9 Å². The first-order chi connectivity index (χ1) is 20.6. The van der Waals surface area contributed by atoms with Gasteiger partial charge in [0.05, 0.1) is 11.3 Å². The van der Waals surface area contributed by atoms with Crippen molar-refractivity contribution in [2.24, 2.45) is 0 Å². The molecule has 1 aliphatic heterocycles. The smallest absolute Gasteiger partial charge is 0.303 e. The number of esters is 4. The average Bonchev–Trinajstić information content (AvgIpc) is 3.49. The first-order valence-electron chi connectivity index (χ1n) is 13.1. The number of hydrogen-bond acceptors (Lipinski definition) is 13. The summed E-state index contributed by atoms with van der Waals surface area (Å²) < 4.78 is 28.0. The van der Waals surface area contributed by atoms with E-state index in [4.69, 9.17) is 28.7 Å². The maximum atomic E-state index is 12.3. The van der Waals surface area contributed by atoms with E-state index >= 15 is 0 Å². The molecule has 1 aliphatic rings. The van der Waals surface area contributed by atoms with Crippen molar-refractivity contribution < 1.29 is 42.9 Å². The zero-order valence-electron chi connectivity index (χ0n) is 23.7. The van der Waals surface area contributed by atoms with E-state index in [2.05, 4.69) is 6.07 Å². The molecule has 0 bridgehead atoms. The van der Waals surface area contributed by atoms with E-state index in [-0.39, 0.29) is 17.2 Å². The van der Waals surface area contributed by atoms with Crippen molar-refractivity contribution in [3.63, 3.8) is 0 Å². The van der Waals surface area contributed by atoms with Gasteiger partial charge in [0.1, 0.15) is 23.8 Å². The zero-order chi connectivity index (χ0) is 31.1. The van der Waals surface area contributed by atoms with Crippen molar-refractivity contribution in [1.29, 1.82) is 5.26 Å². The summed E-state index contributed by atoms with van der Waals surface area (Å²) >= 11 is 2.43. The molecule has 3 heterocycles. The fourth-order valence-electron chi connectivity index (χ4n) is 4.49. The van der Waals surface area contributed by atoms with Crippen LogP contribution in [0, 0.1) is 11.3 Å². The molecule has 0 radical (unpaired) electrons. The van der Waals surface area contributed by atoms with Crippen molar-refractivity contribution in [2.75, 3.05) is 6.61 Å². The van der Waals surface area contributed by atoms with Crippen molar-refractivity contribution in [1.82, 2.24) is 4.98 Å². The van der Waals surface area contributed by atoms with E-state index in [0.717, 1.165) is 36.0 Å². The van der Waals surface area contributed by atoms with Crippen molar-refractivity contribution >= 4 is 47.0 Å². The molecular weight excluding hydrogens is 596 g/mol. The number of pyridine rings is 1. The number of carbonyl (C=O) groups excluding carboxylic acids is 4. The zero-order valence-corrected chi connectivity index (χ0v) is 25.3. The topological polar surface area (TPSA) is 151 Å². The summed E-state index contributed by atoms with van der Waals surface area (Å²) in [6, 6.07) is 17.2. The van der Waals surface area contributed by atoms with Gasteiger partial charge in [0.2, 0.25) is 0 Å². The molecule has 4 rings (SSSR count). The molecule has 224 valence electrons. The number of rotatable bonds is 9. The molecule has 0 aliphatic carbocycles. The summed E-state index contributed by atoms with van der Waals surface area (Å²) in [7, 11) is 0. The summed E-state index contributed by atoms with van der Waals surface area (Å²) in [5.74, 6) is -2.80. The molecule has 43 heavy (non-hydrogen) atoms. The first-order valence-corrected chi connectivity index (χ1v) is 14.8. The van der Waals surface area contributed by atoms with Crippen LogP contribution in [0.2, 0.25) is 0 Å². The Labute approximate surface area is 256 Å². The third-order valence-electron chi connectivity index (χ3n) is 6.13. The summed E-state index contributed by atoms with van der Waals surface area (Å²) in [6.45, 7) is 4.31. The lowest BCUT2D eigenvalue weighted by Crippen LogP contribution is -2.61. The maximum Gasteiger partial charge on any atom is 0.303 e. The van der Waals surface area contributed by atoms with Crippen molar-refractivity contribution in [2.45, 2.75) is 62.6 Å². The summed E-state index contributed by atoms with van der Waals surface area (Å²) in [5.41, 5.74) is 1.13. The van der Waals surface area contributed by atoms with E-state index < -0.39 is 53.7 Å². The van der Waals surface area contributed by atoms with Gasteiger partial charge < -0.3 is 23.7 Å². The van der Waals surface area contributed by atoms with Crippen LogP contribution >= 0.6 is 23.1 Å². The molecule has 1 aromatic carbocycles. The molecule has 2 aromatic heterocycles. The Morgan fingerprint density at radius 1 is 0.907 bits per heavy atom. The average molecular weight is 625 g/mol. The second-order valence-corrected chi connectivity index (χ2v) is 11.4.